The number of rotatable bonds is 4. The number of nitrogens with zero attached hydrogens (tertiary/aromatic N) is 4. The van der Waals surface area contributed by atoms with Crippen molar-refractivity contribution >= 4 is 5.91 Å². The largest absolute Gasteiger partial charge is 0.336 e. The van der Waals surface area contributed by atoms with Crippen LogP contribution in [0.3, 0.4) is 0 Å². The van der Waals surface area contributed by atoms with E-state index in [0.717, 1.165) is 26.1 Å². The molecule has 0 N–H and O–H groups in total. The molecule has 1 aromatic carbocycles. The number of carbonyl (C=O) groups is 1. The van der Waals surface area contributed by atoms with Crippen LogP contribution < -0.4 is 0 Å². The maximum Gasteiger partial charge on any atom is 0.257 e. The minimum absolute atomic E-state index is 0.0226. The van der Waals surface area contributed by atoms with E-state index in [1.54, 1.807) is 24.4 Å². The standard InChI is InChI=1S/C21H29FN4O/c1-16-17(15-23-26(16)19-8-6-5-7-18(19)22)20(27)25-13-11-24(12-14-25)10-9-21(2,3)4/h5-8,15H,9-14H2,1-4H3. The third kappa shape index (κ3) is 4.56. The van der Waals surface area contributed by atoms with E-state index in [-0.39, 0.29) is 11.7 Å². The summed E-state index contributed by atoms with van der Waals surface area (Å²) in [4.78, 5) is 17.2. The van der Waals surface area contributed by atoms with Gasteiger partial charge in [-0.15, -0.1) is 0 Å². The van der Waals surface area contributed by atoms with Gasteiger partial charge in [0.25, 0.3) is 5.91 Å². The Labute approximate surface area is 160 Å². The van der Waals surface area contributed by atoms with Crippen molar-refractivity contribution in [3.63, 3.8) is 0 Å². The lowest BCUT2D eigenvalue weighted by Gasteiger charge is -2.36. The molecule has 0 unspecified atom stereocenters. The lowest BCUT2D eigenvalue weighted by atomic mass is 9.92. The summed E-state index contributed by atoms with van der Waals surface area (Å²) in [7, 11) is 0. The fourth-order valence-corrected chi connectivity index (χ4v) is 3.32. The van der Waals surface area contributed by atoms with Crippen molar-refractivity contribution in [3.8, 4) is 5.69 Å². The summed E-state index contributed by atoms with van der Waals surface area (Å²) in [6.07, 6.45) is 2.70. The molecule has 0 atom stereocenters. The second-order valence-electron chi connectivity index (χ2n) is 8.45. The van der Waals surface area contributed by atoms with Gasteiger partial charge >= 0.3 is 0 Å². The van der Waals surface area contributed by atoms with E-state index in [4.69, 9.17) is 0 Å². The summed E-state index contributed by atoms with van der Waals surface area (Å²) in [5.41, 5.74) is 1.90. The third-order valence-corrected chi connectivity index (χ3v) is 5.16. The second-order valence-corrected chi connectivity index (χ2v) is 8.45. The van der Waals surface area contributed by atoms with Crippen LogP contribution in [0.5, 0.6) is 0 Å². The summed E-state index contributed by atoms with van der Waals surface area (Å²) in [5.74, 6) is -0.374. The minimum Gasteiger partial charge on any atom is -0.336 e. The Hall–Kier alpha value is -2.21. The zero-order chi connectivity index (χ0) is 19.6. The first-order valence-corrected chi connectivity index (χ1v) is 9.57. The van der Waals surface area contributed by atoms with E-state index in [1.165, 1.54) is 10.7 Å². The molecule has 0 radical (unpaired) electrons. The van der Waals surface area contributed by atoms with Crippen molar-refractivity contribution in [2.75, 3.05) is 32.7 Å². The number of halogens is 1. The minimum atomic E-state index is -0.352. The lowest BCUT2D eigenvalue weighted by molar-refractivity contribution is 0.0622. The Morgan fingerprint density at radius 3 is 2.44 bits per heavy atom. The third-order valence-electron chi connectivity index (χ3n) is 5.16. The molecule has 0 saturated carbocycles. The van der Waals surface area contributed by atoms with E-state index in [1.807, 2.05) is 11.8 Å². The molecule has 6 heteroatoms. The van der Waals surface area contributed by atoms with E-state index in [2.05, 4.69) is 30.8 Å². The predicted octanol–water partition coefficient (Wildman–Crippen LogP) is 3.51. The Kier molecular flexibility index (Phi) is 5.65. The van der Waals surface area contributed by atoms with Gasteiger partial charge in [-0.3, -0.25) is 9.69 Å². The van der Waals surface area contributed by atoms with Crippen LogP contribution in [0, 0.1) is 18.2 Å². The van der Waals surface area contributed by atoms with Gasteiger partial charge < -0.3 is 4.90 Å². The van der Waals surface area contributed by atoms with Crippen molar-refractivity contribution in [2.24, 2.45) is 5.41 Å². The first-order chi connectivity index (χ1) is 12.8. The molecule has 1 fully saturated rings. The van der Waals surface area contributed by atoms with Crippen molar-refractivity contribution in [2.45, 2.75) is 34.1 Å². The van der Waals surface area contributed by atoms with Gasteiger partial charge in [-0.1, -0.05) is 32.9 Å². The highest BCUT2D eigenvalue weighted by atomic mass is 19.1. The van der Waals surface area contributed by atoms with Gasteiger partial charge in [0.1, 0.15) is 11.5 Å². The van der Waals surface area contributed by atoms with Crippen molar-refractivity contribution in [1.29, 1.82) is 0 Å². The van der Waals surface area contributed by atoms with Gasteiger partial charge in [0.05, 0.1) is 17.5 Å². The number of carbonyl (C=O) groups excluding carboxylic acids is 1. The summed E-state index contributed by atoms with van der Waals surface area (Å²) in [6, 6.07) is 6.47. The van der Waals surface area contributed by atoms with Crippen LogP contribution in [0.25, 0.3) is 5.69 Å². The maximum absolute atomic E-state index is 14.1. The number of piperazine rings is 1. The van der Waals surface area contributed by atoms with Gasteiger partial charge in [-0.2, -0.15) is 5.10 Å². The van der Waals surface area contributed by atoms with E-state index in [0.29, 0.717) is 35.4 Å². The van der Waals surface area contributed by atoms with Crippen molar-refractivity contribution in [3.05, 3.63) is 47.5 Å². The summed E-state index contributed by atoms with van der Waals surface area (Å²) in [6.45, 7) is 12.8. The number of para-hydroxylation sites is 1. The first kappa shape index (κ1) is 19.5. The van der Waals surface area contributed by atoms with Gasteiger partial charge in [0.2, 0.25) is 0 Å². The van der Waals surface area contributed by atoms with Crippen LogP contribution in [-0.2, 0) is 0 Å². The average Bonchev–Trinajstić information content (AvgIpc) is 3.01. The highest BCUT2D eigenvalue weighted by Crippen LogP contribution is 2.21. The number of amides is 1. The Bertz CT molecular complexity index is 801. The summed E-state index contributed by atoms with van der Waals surface area (Å²) < 4.78 is 15.6. The molecule has 0 spiro atoms. The SMILES string of the molecule is Cc1c(C(=O)N2CCN(CCC(C)(C)C)CC2)cnn1-c1ccccc1F. The molecule has 146 valence electrons. The highest BCUT2D eigenvalue weighted by Gasteiger charge is 2.26. The van der Waals surface area contributed by atoms with Gasteiger partial charge in [-0.05, 0) is 37.4 Å². The fourth-order valence-electron chi connectivity index (χ4n) is 3.32. The molecule has 3 rings (SSSR count). The van der Waals surface area contributed by atoms with Crippen LogP contribution in [0.2, 0.25) is 0 Å². The topological polar surface area (TPSA) is 41.4 Å². The quantitative estimate of drug-likeness (QED) is 0.825. The number of aromatic nitrogens is 2. The molecule has 27 heavy (non-hydrogen) atoms. The molecule has 1 amide bonds. The molecular formula is C21H29FN4O. The monoisotopic (exact) mass is 372 g/mol. The summed E-state index contributed by atoms with van der Waals surface area (Å²) >= 11 is 0. The van der Waals surface area contributed by atoms with E-state index in [9.17, 15) is 9.18 Å². The fraction of sp³-hybridized carbons (Fsp3) is 0.524. The van der Waals surface area contributed by atoms with Crippen LogP contribution >= 0.6 is 0 Å². The molecule has 0 bridgehead atoms. The zero-order valence-corrected chi connectivity index (χ0v) is 16.7. The Morgan fingerprint density at radius 2 is 1.81 bits per heavy atom. The molecule has 5 nitrogen and oxygen atoms in total. The average molecular weight is 372 g/mol. The molecular weight excluding hydrogens is 343 g/mol. The Morgan fingerprint density at radius 1 is 1.15 bits per heavy atom. The zero-order valence-electron chi connectivity index (χ0n) is 16.7. The smallest absolute Gasteiger partial charge is 0.257 e. The van der Waals surface area contributed by atoms with Crippen LogP contribution in [0.15, 0.2) is 30.5 Å². The summed E-state index contributed by atoms with van der Waals surface area (Å²) in [5, 5.41) is 4.25. The molecule has 1 saturated heterocycles. The number of hydrogen-bond acceptors (Lipinski definition) is 3. The maximum atomic E-state index is 14.1. The second kappa shape index (κ2) is 7.80. The molecule has 2 heterocycles. The lowest BCUT2D eigenvalue weighted by Crippen LogP contribution is -2.49. The van der Waals surface area contributed by atoms with Crippen molar-refractivity contribution < 1.29 is 9.18 Å². The van der Waals surface area contributed by atoms with Crippen molar-refractivity contribution in [1.82, 2.24) is 19.6 Å². The van der Waals surface area contributed by atoms with Crippen LogP contribution in [0.1, 0.15) is 43.2 Å². The van der Waals surface area contributed by atoms with Gasteiger partial charge in [0.15, 0.2) is 0 Å². The molecule has 1 aliphatic heterocycles. The molecule has 1 aliphatic rings. The van der Waals surface area contributed by atoms with E-state index < -0.39 is 0 Å². The number of hydrogen-bond donors (Lipinski definition) is 0. The Balaban J connectivity index is 1.65. The van der Waals surface area contributed by atoms with Crippen LogP contribution in [-0.4, -0.2) is 58.2 Å². The van der Waals surface area contributed by atoms with E-state index >= 15 is 0 Å². The number of benzene rings is 1. The van der Waals surface area contributed by atoms with Gasteiger partial charge in [-0.25, -0.2) is 9.07 Å². The highest BCUT2D eigenvalue weighted by molar-refractivity contribution is 5.95. The molecule has 1 aromatic heterocycles. The molecule has 0 aliphatic carbocycles. The van der Waals surface area contributed by atoms with Crippen LogP contribution in [0.4, 0.5) is 4.39 Å². The van der Waals surface area contributed by atoms with Gasteiger partial charge in [0, 0.05) is 26.2 Å². The normalized spacial score (nSPS) is 16.0. The molecule has 2 aromatic rings. The first-order valence-electron chi connectivity index (χ1n) is 9.57. The predicted molar refractivity (Wildman–Crippen MR) is 105 cm³/mol.